The minimum atomic E-state index is -4.39. The molecule has 8 heteroatoms. The van der Waals surface area contributed by atoms with Crippen molar-refractivity contribution in [2.45, 2.75) is 6.18 Å². The number of hydrogen-bond donors (Lipinski definition) is 0. The average Bonchev–Trinajstić information content (AvgIpc) is 2.64. The quantitative estimate of drug-likeness (QED) is 0.705. The molecule has 0 aliphatic carbocycles. The van der Waals surface area contributed by atoms with Gasteiger partial charge in [0.1, 0.15) is 5.01 Å². The van der Waals surface area contributed by atoms with Crippen LogP contribution in [0.15, 0.2) is 26.6 Å². The Hall–Kier alpha value is -0.470. The summed E-state index contributed by atoms with van der Waals surface area (Å²) in [6, 6.07) is 3.97. The van der Waals surface area contributed by atoms with Gasteiger partial charge in [0.15, 0.2) is 3.92 Å². The lowest BCUT2D eigenvalue weighted by molar-refractivity contribution is -0.138. The van der Waals surface area contributed by atoms with E-state index in [1.807, 2.05) is 0 Å². The first kappa shape index (κ1) is 13.0. The van der Waals surface area contributed by atoms with Crippen molar-refractivity contribution in [2.75, 3.05) is 0 Å². The molecule has 17 heavy (non-hydrogen) atoms. The van der Waals surface area contributed by atoms with E-state index in [1.165, 1.54) is 17.4 Å². The van der Waals surface area contributed by atoms with Crippen LogP contribution in [0.1, 0.15) is 5.56 Å². The molecule has 0 fully saturated rings. The lowest BCUT2D eigenvalue weighted by Gasteiger charge is -2.09. The molecular formula is C9H3Br2F3N2S. The second kappa shape index (κ2) is 4.66. The standard InChI is InChI=1S/C9H3Br2F3N2S/c10-6-2-1-4(3-5(6)9(12,13)14)7-15-16-8(11)17-7/h1-3H. The third-order valence-corrected chi connectivity index (χ3v) is 4.02. The van der Waals surface area contributed by atoms with Crippen LogP contribution in [0.5, 0.6) is 0 Å². The van der Waals surface area contributed by atoms with Crippen molar-refractivity contribution in [3.63, 3.8) is 0 Å². The van der Waals surface area contributed by atoms with Gasteiger partial charge >= 0.3 is 6.18 Å². The number of nitrogens with zero attached hydrogens (tertiary/aromatic N) is 2. The maximum absolute atomic E-state index is 12.7. The van der Waals surface area contributed by atoms with Crippen molar-refractivity contribution in [1.29, 1.82) is 0 Å². The number of halogens is 5. The highest BCUT2D eigenvalue weighted by atomic mass is 79.9. The molecule has 0 unspecified atom stereocenters. The Morgan fingerprint density at radius 1 is 1.12 bits per heavy atom. The van der Waals surface area contributed by atoms with E-state index in [0.29, 0.717) is 14.5 Å². The molecule has 0 bridgehead atoms. The monoisotopic (exact) mass is 386 g/mol. The Morgan fingerprint density at radius 3 is 2.35 bits per heavy atom. The molecule has 0 spiro atoms. The summed E-state index contributed by atoms with van der Waals surface area (Å²) in [6.07, 6.45) is -4.39. The maximum Gasteiger partial charge on any atom is 0.417 e. The van der Waals surface area contributed by atoms with Crippen molar-refractivity contribution < 1.29 is 13.2 Å². The topological polar surface area (TPSA) is 25.8 Å². The van der Waals surface area contributed by atoms with E-state index in [2.05, 4.69) is 42.1 Å². The van der Waals surface area contributed by atoms with Gasteiger partial charge in [-0.15, -0.1) is 10.2 Å². The van der Waals surface area contributed by atoms with Crippen LogP contribution in [-0.2, 0) is 6.18 Å². The van der Waals surface area contributed by atoms with Gasteiger partial charge in [0.25, 0.3) is 0 Å². The average molecular weight is 388 g/mol. The van der Waals surface area contributed by atoms with Gasteiger partial charge in [0.2, 0.25) is 0 Å². The molecular weight excluding hydrogens is 385 g/mol. The first-order valence-corrected chi connectivity index (χ1v) is 6.64. The second-order valence-corrected chi connectivity index (χ2v) is 6.16. The van der Waals surface area contributed by atoms with Crippen LogP contribution in [0.25, 0.3) is 10.6 Å². The summed E-state index contributed by atoms with van der Waals surface area (Å²) in [4.78, 5) is 0. The van der Waals surface area contributed by atoms with E-state index in [4.69, 9.17) is 0 Å². The van der Waals surface area contributed by atoms with Crippen LogP contribution in [0, 0.1) is 0 Å². The van der Waals surface area contributed by atoms with Crippen LogP contribution in [0.2, 0.25) is 0 Å². The van der Waals surface area contributed by atoms with Crippen LogP contribution in [0.3, 0.4) is 0 Å². The number of hydrogen-bond acceptors (Lipinski definition) is 3. The van der Waals surface area contributed by atoms with Gasteiger partial charge in [0, 0.05) is 10.0 Å². The molecule has 2 rings (SSSR count). The van der Waals surface area contributed by atoms with E-state index in [1.54, 1.807) is 6.07 Å². The number of rotatable bonds is 1. The molecule has 0 saturated heterocycles. The predicted octanol–water partition coefficient (Wildman–Crippen LogP) is 4.75. The summed E-state index contributed by atoms with van der Waals surface area (Å²) in [7, 11) is 0. The molecule has 0 saturated carbocycles. The van der Waals surface area contributed by atoms with E-state index in [9.17, 15) is 13.2 Å². The summed E-state index contributed by atoms with van der Waals surface area (Å²) in [5, 5.41) is 7.92. The molecule has 0 radical (unpaired) electrons. The molecule has 2 aromatic rings. The Labute approximate surface area is 115 Å². The van der Waals surface area contributed by atoms with Gasteiger partial charge in [-0.05, 0) is 28.1 Å². The van der Waals surface area contributed by atoms with Crippen molar-refractivity contribution in [3.8, 4) is 10.6 Å². The van der Waals surface area contributed by atoms with Crippen LogP contribution in [0.4, 0.5) is 13.2 Å². The lowest BCUT2D eigenvalue weighted by Crippen LogP contribution is -2.06. The molecule has 0 amide bonds. The summed E-state index contributed by atoms with van der Waals surface area (Å²) >= 11 is 7.18. The van der Waals surface area contributed by atoms with Gasteiger partial charge in [-0.25, -0.2) is 0 Å². The Bertz CT molecular complexity index is 553. The zero-order valence-corrected chi connectivity index (χ0v) is 11.9. The molecule has 90 valence electrons. The zero-order chi connectivity index (χ0) is 12.6. The fourth-order valence-electron chi connectivity index (χ4n) is 1.20. The highest BCUT2D eigenvalue weighted by molar-refractivity contribution is 9.11. The fraction of sp³-hybridized carbons (Fsp3) is 0.111. The van der Waals surface area contributed by atoms with Gasteiger partial charge in [0.05, 0.1) is 5.56 Å². The first-order chi connectivity index (χ1) is 7.88. The van der Waals surface area contributed by atoms with Gasteiger partial charge in [-0.1, -0.05) is 33.3 Å². The largest absolute Gasteiger partial charge is 0.417 e. The third-order valence-electron chi connectivity index (χ3n) is 1.92. The van der Waals surface area contributed by atoms with E-state index < -0.39 is 11.7 Å². The molecule has 2 nitrogen and oxygen atoms in total. The number of benzene rings is 1. The van der Waals surface area contributed by atoms with Crippen molar-refractivity contribution in [2.24, 2.45) is 0 Å². The maximum atomic E-state index is 12.7. The Morgan fingerprint density at radius 2 is 1.82 bits per heavy atom. The van der Waals surface area contributed by atoms with E-state index >= 15 is 0 Å². The second-order valence-electron chi connectivity index (χ2n) is 3.05. The first-order valence-electron chi connectivity index (χ1n) is 4.24. The highest BCUT2D eigenvalue weighted by Crippen LogP contribution is 2.38. The van der Waals surface area contributed by atoms with Crippen LogP contribution >= 0.6 is 43.2 Å². The summed E-state index contributed by atoms with van der Waals surface area (Å²) in [5.74, 6) is 0. The van der Waals surface area contributed by atoms with E-state index in [-0.39, 0.29) is 4.47 Å². The summed E-state index contributed by atoms with van der Waals surface area (Å²) < 4.78 is 38.6. The van der Waals surface area contributed by atoms with Gasteiger partial charge in [-0.3, -0.25) is 0 Å². The van der Waals surface area contributed by atoms with Crippen molar-refractivity contribution in [3.05, 3.63) is 32.2 Å². The minimum Gasteiger partial charge on any atom is -0.166 e. The Kier molecular flexibility index (Phi) is 3.55. The zero-order valence-electron chi connectivity index (χ0n) is 7.92. The highest BCUT2D eigenvalue weighted by Gasteiger charge is 2.33. The molecule has 1 aromatic carbocycles. The van der Waals surface area contributed by atoms with Crippen molar-refractivity contribution in [1.82, 2.24) is 10.2 Å². The molecule has 0 aliphatic heterocycles. The molecule has 0 aliphatic rings. The minimum absolute atomic E-state index is 0.0114. The van der Waals surface area contributed by atoms with Gasteiger partial charge in [-0.2, -0.15) is 13.2 Å². The molecule has 0 N–H and O–H groups in total. The molecule has 1 heterocycles. The number of aromatic nitrogens is 2. The number of alkyl halides is 3. The SMILES string of the molecule is FC(F)(F)c1cc(-c2nnc(Br)s2)ccc1Br. The third kappa shape index (κ3) is 2.86. The van der Waals surface area contributed by atoms with Crippen LogP contribution in [-0.4, -0.2) is 10.2 Å². The van der Waals surface area contributed by atoms with Gasteiger partial charge < -0.3 is 0 Å². The fourth-order valence-corrected chi connectivity index (χ4v) is 2.78. The van der Waals surface area contributed by atoms with Crippen LogP contribution < -0.4 is 0 Å². The normalized spacial score (nSPS) is 11.8. The predicted molar refractivity (Wildman–Crippen MR) is 65.7 cm³/mol. The van der Waals surface area contributed by atoms with Crippen molar-refractivity contribution >= 4 is 43.2 Å². The Balaban J connectivity index is 2.51. The van der Waals surface area contributed by atoms with E-state index in [0.717, 1.165) is 6.07 Å². The summed E-state index contributed by atoms with van der Waals surface area (Å²) in [5.41, 5.74) is -0.329. The molecule has 1 aromatic heterocycles. The smallest absolute Gasteiger partial charge is 0.166 e. The lowest BCUT2D eigenvalue weighted by atomic mass is 10.1. The summed E-state index contributed by atoms with van der Waals surface area (Å²) in [6.45, 7) is 0. The molecule has 0 atom stereocenters.